The van der Waals surface area contributed by atoms with Crippen molar-refractivity contribution in [1.82, 2.24) is 0 Å². The summed E-state index contributed by atoms with van der Waals surface area (Å²) in [6.07, 6.45) is 0. The van der Waals surface area contributed by atoms with Crippen molar-refractivity contribution in [3.63, 3.8) is 0 Å². The zero-order chi connectivity index (χ0) is 17.7. The van der Waals surface area contributed by atoms with Gasteiger partial charge in [-0.3, -0.25) is 0 Å². The SMILES string of the molecule is Cc1cc(O)cc(C(=O)OCCOC(=O)c2ccc(O)c(O)c2)c1. The summed E-state index contributed by atoms with van der Waals surface area (Å²) in [5.41, 5.74) is 0.961. The molecule has 0 aliphatic carbocycles. The molecule has 0 bridgehead atoms. The van der Waals surface area contributed by atoms with Crippen LogP contribution in [-0.2, 0) is 9.47 Å². The Kier molecular flexibility index (Phi) is 5.26. The van der Waals surface area contributed by atoms with E-state index in [0.717, 1.165) is 12.1 Å². The number of benzene rings is 2. The van der Waals surface area contributed by atoms with Gasteiger partial charge in [0.25, 0.3) is 0 Å². The minimum atomic E-state index is -0.727. The zero-order valence-corrected chi connectivity index (χ0v) is 12.9. The second-order valence-corrected chi connectivity index (χ2v) is 5.03. The molecule has 0 aliphatic heterocycles. The average Bonchev–Trinajstić information content (AvgIpc) is 2.52. The number of phenolic OH excluding ortho intramolecular Hbond substituents is 3. The minimum Gasteiger partial charge on any atom is -0.508 e. The van der Waals surface area contributed by atoms with Gasteiger partial charge >= 0.3 is 11.9 Å². The molecule has 0 aliphatic rings. The molecule has 2 rings (SSSR count). The highest BCUT2D eigenvalue weighted by Gasteiger charge is 2.12. The lowest BCUT2D eigenvalue weighted by Crippen LogP contribution is -2.14. The summed E-state index contributed by atoms with van der Waals surface area (Å²) in [5, 5.41) is 27.9. The van der Waals surface area contributed by atoms with Crippen LogP contribution in [0.5, 0.6) is 17.2 Å². The van der Waals surface area contributed by atoms with Gasteiger partial charge in [-0.15, -0.1) is 0 Å². The molecule has 0 saturated carbocycles. The summed E-state index contributed by atoms with van der Waals surface area (Å²) < 4.78 is 9.85. The molecule has 0 atom stereocenters. The Bertz CT molecular complexity index is 747. The van der Waals surface area contributed by atoms with Crippen molar-refractivity contribution < 1.29 is 34.4 Å². The Morgan fingerprint density at radius 1 is 0.833 bits per heavy atom. The van der Waals surface area contributed by atoms with Crippen LogP contribution in [-0.4, -0.2) is 40.5 Å². The van der Waals surface area contributed by atoms with Gasteiger partial charge in [-0.25, -0.2) is 9.59 Å². The van der Waals surface area contributed by atoms with E-state index >= 15 is 0 Å². The van der Waals surface area contributed by atoms with Crippen molar-refractivity contribution in [2.75, 3.05) is 13.2 Å². The fourth-order valence-corrected chi connectivity index (χ4v) is 1.97. The smallest absolute Gasteiger partial charge is 0.338 e. The van der Waals surface area contributed by atoms with Crippen molar-refractivity contribution in [3.05, 3.63) is 53.1 Å². The Morgan fingerprint density at radius 3 is 2.04 bits per heavy atom. The highest BCUT2D eigenvalue weighted by atomic mass is 16.6. The van der Waals surface area contributed by atoms with Gasteiger partial charge in [-0.2, -0.15) is 0 Å². The van der Waals surface area contributed by atoms with Crippen LogP contribution in [0.15, 0.2) is 36.4 Å². The lowest BCUT2D eigenvalue weighted by atomic mass is 10.1. The molecular weight excluding hydrogens is 316 g/mol. The number of esters is 2. The quantitative estimate of drug-likeness (QED) is 0.436. The van der Waals surface area contributed by atoms with Gasteiger partial charge in [-0.1, -0.05) is 0 Å². The van der Waals surface area contributed by atoms with Gasteiger partial charge in [0.1, 0.15) is 19.0 Å². The number of carbonyl (C=O) groups is 2. The number of phenols is 3. The van der Waals surface area contributed by atoms with Gasteiger partial charge in [0, 0.05) is 0 Å². The van der Waals surface area contributed by atoms with Crippen LogP contribution in [0.4, 0.5) is 0 Å². The maximum atomic E-state index is 11.8. The molecule has 0 saturated heterocycles. The Labute approximate surface area is 137 Å². The van der Waals surface area contributed by atoms with Crippen LogP contribution in [0.25, 0.3) is 0 Å². The number of aryl methyl sites for hydroxylation is 1. The Balaban J connectivity index is 1.82. The van der Waals surface area contributed by atoms with Crippen LogP contribution in [0.3, 0.4) is 0 Å². The highest BCUT2D eigenvalue weighted by molar-refractivity contribution is 5.91. The number of ether oxygens (including phenoxy) is 2. The third-order valence-corrected chi connectivity index (χ3v) is 3.06. The summed E-state index contributed by atoms with van der Waals surface area (Å²) in [6.45, 7) is 1.39. The lowest BCUT2D eigenvalue weighted by molar-refractivity contribution is 0.0265. The third-order valence-electron chi connectivity index (χ3n) is 3.06. The molecule has 0 amide bonds. The van der Waals surface area contributed by atoms with E-state index in [4.69, 9.17) is 9.47 Å². The number of hydrogen-bond donors (Lipinski definition) is 3. The first-order valence-corrected chi connectivity index (χ1v) is 7.03. The van der Waals surface area contributed by atoms with E-state index in [0.29, 0.717) is 5.56 Å². The standard InChI is InChI=1S/C17H16O7/c1-10-6-12(8-13(18)7-10)17(22)24-5-4-23-16(21)11-2-3-14(19)15(20)9-11/h2-3,6-9,18-20H,4-5H2,1H3. The summed E-state index contributed by atoms with van der Waals surface area (Å²) in [7, 11) is 0. The van der Waals surface area contributed by atoms with E-state index in [1.54, 1.807) is 13.0 Å². The number of carbonyl (C=O) groups excluding carboxylic acids is 2. The molecule has 3 N–H and O–H groups in total. The molecule has 0 heterocycles. The maximum Gasteiger partial charge on any atom is 0.338 e. The molecule has 0 fully saturated rings. The van der Waals surface area contributed by atoms with Crippen LogP contribution < -0.4 is 0 Å². The second kappa shape index (κ2) is 7.36. The fraction of sp³-hybridized carbons (Fsp3) is 0.176. The minimum absolute atomic E-state index is 0.0412. The van der Waals surface area contributed by atoms with E-state index in [9.17, 15) is 24.9 Å². The van der Waals surface area contributed by atoms with Gasteiger partial charge in [0.2, 0.25) is 0 Å². The Hall–Kier alpha value is -3.22. The number of aromatic hydroxyl groups is 3. The molecular formula is C17H16O7. The van der Waals surface area contributed by atoms with Crippen molar-refractivity contribution in [2.24, 2.45) is 0 Å². The zero-order valence-electron chi connectivity index (χ0n) is 12.9. The average molecular weight is 332 g/mol. The summed E-state index contributed by atoms with van der Waals surface area (Å²) in [5.74, 6) is -2.19. The van der Waals surface area contributed by atoms with Crippen LogP contribution in [0, 0.1) is 6.92 Å². The second-order valence-electron chi connectivity index (χ2n) is 5.03. The van der Waals surface area contributed by atoms with Gasteiger partial charge in [0.15, 0.2) is 11.5 Å². The lowest BCUT2D eigenvalue weighted by Gasteiger charge is -2.08. The van der Waals surface area contributed by atoms with Crippen molar-refractivity contribution in [2.45, 2.75) is 6.92 Å². The molecule has 7 nitrogen and oxygen atoms in total. The molecule has 7 heteroatoms. The van der Waals surface area contributed by atoms with Crippen molar-refractivity contribution in [3.8, 4) is 17.2 Å². The fourth-order valence-electron chi connectivity index (χ4n) is 1.97. The molecule has 0 unspecified atom stereocenters. The highest BCUT2D eigenvalue weighted by Crippen LogP contribution is 2.25. The molecule has 126 valence electrons. The predicted molar refractivity (Wildman–Crippen MR) is 83.2 cm³/mol. The predicted octanol–water partition coefficient (Wildman–Crippen LogP) is 2.13. The van der Waals surface area contributed by atoms with Gasteiger partial charge in [-0.05, 0) is 48.9 Å². The molecule has 0 spiro atoms. The first-order valence-electron chi connectivity index (χ1n) is 7.03. The topological polar surface area (TPSA) is 113 Å². The van der Waals surface area contributed by atoms with Crippen LogP contribution in [0.2, 0.25) is 0 Å². The van der Waals surface area contributed by atoms with Crippen LogP contribution >= 0.6 is 0 Å². The van der Waals surface area contributed by atoms with E-state index in [1.165, 1.54) is 18.2 Å². The molecule has 2 aromatic rings. The van der Waals surface area contributed by atoms with Crippen molar-refractivity contribution >= 4 is 11.9 Å². The summed E-state index contributed by atoms with van der Waals surface area (Å²) >= 11 is 0. The molecule has 0 radical (unpaired) electrons. The molecule has 2 aromatic carbocycles. The molecule has 24 heavy (non-hydrogen) atoms. The largest absolute Gasteiger partial charge is 0.508 e. The van der Waals surface area contributed by atoms with E-state index in [2.05, 4.69) is 0 Å². The van der Waals surface area contributed by atoms with Gasteiger partial charge in [0.05, 0.1) is 11.1 Å². The van der Waals surface area contributed by atoms with Crippen molar-refractivity contribution in [1.29, 1.82) is 0 Å². The van der Waals surface area contributed by atoms with E-state index in [1.807, 2.05) is 0 Å². The van der Waals surface area contributed by atoms with Gasteiger partial charge < -0.3 is 24.8 Å². The third kappa shape index (κ3) is 4.39. The number of hydrogen-bond acceptors (Lipinski definition) is 7. The number of rotatable bonds is 5. The maximum absolute atomic E-state index is 11.8. The van der Waals surface area contributed by atoms with Crippen LogP contribution in [0.1, 0.15) is 26.3 Å². The monoisotopic (exact) mass is 332 g/mol. The molecule has 0 aromatic heterocycles. The first-order chi connectivity index (χ1) is 11.4. The van der Waals surface area contributed by atoms with E-state index in [-0.39, 0.29) is 35.8 Å². The first kappa shape index (κ1) is 17.1. The summed E-state index contributed by atoms with van der Waals surface area (Å²) in [4.78, 5) is 23.5. The summed E-state index contributed by atoms with van der Waals surface area (Å²) in [6, 6.07) is 7.87. The Morgan fingerprint density at radius 2 is 1.46 bits per heavy atom. The normalized spacial score (nSPS) is 10.2. The van der Waals surface area contributed by atoms with E-state index < -0.39 is 17.7 Å².